The lowest BCUT2D eigenvalue weighted by Gasteiger charge is -2.41. The number of piperazine rings is 1. The van der Waals surface area contributed by atoms with E-state index >= 15 is 0 Å². The summed E-state index contributed by atoms with van der Waals surface area (Å²) < 4.78 is 42.3. The van der Waals surface area contributed by atoms with Crippen LogP contribution in [0.2, 0.25) is 0 Å². The van der Waals surface area contributed by atoms with E-state index in [0.29, 0.717) is 28.9 Å². The molecule has 105 heavy (non-hydrogen) atoms. The lowest BCUT2D eigenvalue weighted by molar-refractivity contribution is -0.140. The number of carbonyl (C=O) groups excluding carboxylic acids is 3. The molecule has 0 radical (unpaired) electrons. The Morgan fingerprint density at radius 3 is 2.18 bits per heavy atom. The molecule has 4 unspecified atom stereocenters. The van der Waals surface area contributed by atoms with Crippen molar-refractivity contribution in [3.63, 3.8) is 0 Å². The number of likely N-dealkylation sites (tertiary alicyclic amines) is 2. The van der Waals surface area contributed by atoms with Gasteiger partial charge < -0.3 is 50.8 Å². The molecule has 5 aromatic carbocycles. The number of aromatic nitrogens is 8. The van der Waals surface area contributed by atoms with Crippen LogP contribution in [0, 0.1) is 25.7 Å². The first-order valence-corrected chi connectivity index (χ1v) is 36.8. The van der Waals surface area contributed by atoms with Gasteiger partial charge in [0.05, 0.1) is 34.7 Å². The number of anilines is 4. The Kier molecular flexibility index (Phi) is 24.9. The van der Waals surface area contributed by atoms with Crippen molar-refractivity contribution in [2.45, 2.75) is 123 Å². The number of H-pyrrole nitrogens is 1. The number of benzene rings is 5. The minimum absolute atomic E-state index is 0.00114. The molecule has 5 aromatic heterocycles. The molecule has 3 amide bonds. The zero-order valence-corrected chi connectivity index (χ0v) is 60.8. The van der Waals surface area contributed by atoms with E-state index in [4.69, 9.17) is 0 Å². The van der Waals surface area contributed by atoms with Crippen LogP contribution >= 0.6 is 0 Å². The minimum Gasteiger partial charge on any atom is -0.363 e. The number of likely N-dealkylation sites (N-methyl/N-ethyl adjacent to an activating group) is 2. The first-order valence-electron chi connectivity index (χ1n) is 36.8. The molecular weight excluding hydrogens is 1330 g/mol. The van der Waals surface area contributed by atoms with Gasteiger partial charge in [-0.15, -0.1) is 0 Å². The average molecular weight is 1420 g/mol. The van der Waals surface area contributed by atoms with Gasteiger partial charge in [0.1, 0.15) is 23.8 Å². The Hall–Kier alpha value is -10.2. The second-order valence-electron chi connectivity index (χ2n) is 28.0. The number of amides is 3. The van der Waals surface area contributed by atoms with Crippen LogP contribution in [0.1, 0.15) is 116 Å². The van der Waals surface area contributed by atoms with E-state index in [9.17, 15) is 27.6 Å². The number of hydrogen-bond acceptors (Lipinski definition) is 15. The predicted octanol–water partition coefficient (Wildman–Crippen LogP) is 14.1. The molecule has 548 valence electrons. The molecule has 0 spiro atoms. The maximum absolute atomic E-state index is 13.9. The predicted molar refractivity (Wildman–Crippen MR) is 408 cm³/mol. The van der Waals surface area contributed by atoms with E-state index in [1.807, 2.05) is 26.0 Å². The molecular formula is C82H96F3N17O3. The quantitative estimate of drug-likeness (QED) is 0.0394. The molecule has 6 N–H and O–H groups in total. The molecule has 14 rings (SSSR count). The normalized spacial score (nSPS) is 17.4. The number of aryl methyl sites for hydroxylation is 2. The summed E-state index contributed by atoms with van der Waals surface area (Å²) in [4.78, 5) is 78.9. The van der Waals surface area contributed by atoms with Gasteiger partial charge in [-0.25, -0.2) is 24.9 Å². The van der Waals surface area contributed by atoms with Crippen molar-refractivity contribution < 1.29 is 27.6 Å². The van der Waals surface area contributed by atoms with Gasteiger partial charge in [0.25, 0.3) is 5.91 Å². The lowest BCUT2D eigenvalue weighted by Crippen LogP contribution is -2.58. The number of aromatic amines is 1. The maximum atomic E-state index is 13.9. The summed E-state index contributed by atoms with van der Waals surface area (Å²) in [6.07, 6.45) is 13.9. The number of carbonyl (C=O) groups is 3. The van der Waals surface area contributed by atoms with Gasteiger partial charge in [-0.2, -0.15) is 13.2 Å². The molecule has 1 saturated carbocycles. The highest BCUT2D eigenvalue weighted by Gasteiger charge is 2.44. The highest BCUT2D eigenvalue weighted by molar-refractivity contribution is 6.05. The summed E-state index contributed by atoms with van der Waals surface area (Å²) in [5, 5.41) is 16.4. The number of imidazole rings is 1. The highest BCUT2D eigenvalue weighted by Crippen LogP contribution is 2.37. The molecule has 10 aromatic rings. The van der Waals surface area contributed by atoms with Crippen molar-refractivity contribution in [2.24, 2.45) is 11.8 Å². The molecule has 4 aliphatic rings. The minimum atomic E-state index is -4.60. The molecule has 3 saturated heterocycles. The van der Waals surface area contributed by atoms with Crippen LogP contribution in [-0.2, 0) is 28.7 Å². The van der Waals surface area contributed by atoms with E-state index in [1.165, 1.54) is 59.6 Å². The summed E-state index contributed by atoms with van der Waals surface area (Å²) in [7, 11) is 1.79. The maximum Gasteiger partial charge on any atom is 0.416 e. The third-order valence-electron chi connectivity index (χ3n) is 20.8. The van der Waals surface area contributed by atoms with Gasteiger partial charge in [0.2, 0.25) is 17.8 Å². The molecule has 3 aliphatic heterocycles. The topological polar surface area (TPSA) is 222 Å². The zero-order valence-electron chi connectivity index (χ0n) is 60.8. The van der Waals surface area contributed by atoms with E-state index in [2.05, 4.69) is 180 Å². The third kappa shape index (κ3) is 19.6. The van der Waals surface area contributed by atoms with Gasteiger partial charge in [-0.1, -0.05) is 117 Å². The Morgan fingerprint density at radius 2 is 1.47 bits per heavy atom. The van der Waals surface area contributed by atoms with Gasteiger partial charge in [-0.05, 0) is 174 Å². The number of halogens is 3. The third-order valence-corrected chi connectivity index (χ3v) is 20.8. The van der Waals surface area contributed by atoms with Crippen molar-refractivity contribution in [3.05, 3.63) is 222 Å². The standard InChI is InChI=1S/C28H22F3N7O.C27H32N6.C27H42N4O2/c1-17-5-6-19(10-25(17)37-27-33-9-7-24(36-27)20-4-3-8-32-14-20)26(39)35-22-11-21(28(29,30)31)12-23(13-22)38-15-18(2)34-16-38;1-3-32-13-15-33(16-14-32)18-21-9-11-23(12-10-21)25-17-24-26(28-19-29-27(24)31-25)30-20(2)22-7-5-4-6-8-22;1-20(28-2)26(32)29-25(23-11-7-4-8-12-23)27(33)31-18-15-22-14-17-30(19-24(22)31)16-13-21-9-5-3-6-10-21/h3-16H,1-2H3,(H,35,39)(H,33,36,37);4-12,17,19-20H,3,13-16,18H2,1-2H3,(H2,28,29,30,31);3,5-6,9-10,20,22-25,28H,4,7-8,11-19H2,1-2H3,(H,29,32)/t;20-;/m.1./s1. The summed E-state index contributed by atoms with van der Waals surface area (Å²) in [6.45, 7) is 20.6. The SMILES string of the molecule is CCN1CCN(Cc2ccc(-c3cc4c(N[C@H](C)c5ccccc5)ncnc4[nH]3)cc2)CC1.CNC(C)C(=O)NC(C(=O)N1CCC2CCN(CCc3ccccc3)CC21)C1CCCCC1.Cc1cn(-c2cc(NC(=O)c3ccc(C)c(Nc4nccc(-c5cccnc5)n4)c3)cc(C(F)(F)F)c2)cn1. The fourth-order valence-electron chi connectivity index (χ4n) is 14.5. The molecule has 5 atom stereocenters. The molecule has 20 nitrogen and oxygen atoms in total. The van der Waals surface area contributed by atoms with Gasteiger partial charge in [-0.3, -0.25) is 24.3 Å². The average Bonchev–Trinajstić information content (AvgIpc) is 1.68. The van der Waals surface area contributed by atoms with Crippen molar-refractivity contribution >= 4 is 51.9 Å². The molecule has 1 aliphatic carbocycles. The summed E-state index contributed by atoms with van der Waals surface area (Å²) in [5.41, 5.74) is 10.1. The van der Waals surface area contributed by atoms with Crippen LogP contribution < -0.4 is 26.6 Å². The fraction of sp³-hybridized carbons (Fsp3) is 0.378. The van der Waals surface area contributed by atoms with Crippen molar-refractivity contribution in [3.8, 4) is 28.2 Å². The number of pyridine rings is 1. The van der Waals surface area contributed by atoms with Crippen molar-refractivity contribution in [2.75, 3.05) is 81.9 Å². The number of nitrogens with zero attached hydrogens (tertiary/aromatic N) is 11. The van der Waals surface area contributed by atoms with E-state index in [1.54, 1.807) is 75.4 Å². The number of hydrogen-bond donors (Lipinski definition) is 6. The van der Waals surface area contributed by atoms with E-state index in [-0.39, 0.29) is 58.8 Å². The second kappa shape index (κ2) is 35.1. The highest BCUT2D eigenvalue weighted by atomic mass is 19.4. The number of alkyl halides is 3. The molecule has 0 bridgehead atoms. The Labute approximate surface area is 613 Å². The van der Waals surface area contributed by atoms with Crippen LogP contribution in [0.25, 0.3) is 39.2 Å². The fourth-order valence-corrected chi connectivity index (χ4v) is 14.5. The zero-order chi connectivity index (χ0) is 73.4. The molecule has 8 heterocycles. The van der Waals surface area contributed by atoms with Crippen LogP contribution in [-0.4, -0.2) is 161 Å². The Balaban J connectivity index is 0.000000149. The van der Waals surface area contributed by atoms with E-state index < -0.39 is 17.6 Å². The van der Waals surface area contributed by atoms with Gasteiger partial charge >= 0.3 is 6.18 Å². The first kappa shape index (κ1) is 74.5. The second-order valence-corrected chi connectivity index (χ2v) is 28.0. The van der Waals surface area contributed by atoms with Crippen LogP contribution in [0.15, 0.2) is 183 Å². The molecule has 4 fully saturated rings. The number of rotatable bonds is 21. The number of piperidine rings is 1. The Morgan fingerprint density at radius 1 is 0.714 bits per heavy atom. The van der Waals surface area contributed by atoms with Crippen LogP contribution in [0.5, 0.6) is 0 Å². The van der Waals surface area contributed by atoms with Crippen molar-refractivity contribution in [1.29, 1.82) is 0 Å². The summed E-state index contributed by atoms with van der Waals surface area (Å²) in [6, 6.07) is 45.6. The largest absolute Gasteiger partial charge is 0.416 e. The monoisotopic (exact) mass is 1420 g/mol. The van der Waals surface area contributed by atoms with Crippen molar-refractivity contribution in [1.82, 2.24) is 69.7 Å². The van der Waals surface area contributed by atoms with Gasteiger partial charge in [0, 0.05) is 123 Å². The number of nitrogens with one attached hydrogen (secondary N) is 6. The lowest BCUT2D eigenvalue weighted by atomic mass is 9.83. The van der Waals surface area contributed by atoms with Gasteiger partial charge in [0.15, 0.2) is 0 Å². The summed E-state index contributed by atoms with van der Waals surface area (Å²) in [5.74, 6) is 1.55. The molecule has 23 heteroatoms. The summed E-state index contributed by atoms with van der Waals surface area (Å²) >= 11 is 0. The van der Waals surface area contributed by atoms with Crippen LogP contribution in [0.4, 0.5) is 36.3 Å². The Bertz CT molecular complexity index is 4490. The van der Waals surface area contributed by atoms with E-state index in [0.717, 1.165) is 142 Å². The van der Waals surface area contributed by atoms with Crippen LogP contribution in [0.3, 0.4) is 0 Å². The first-order chi connectivity index (χ1) is 50.9. The smallest absolute Gasteiger partial charge is 0.363 e. The number of fused-ring (bicyclic) bond motifs is 2.